The highest BCUT2D eigenvalue weighted by atomic mass is 35.5. The Hall–Kier alpha value is -1.30. The van der Waals surface area contributed by atoms with Gasteiger partial charge >= 0.3 is 6.09 Å². The molecule has 0 aromatic heterocycles. The lowest BCUT2D eigenvalue weighted by molar-refractivity contribution is 0.132. The van der Waals surface area contributed by atoms with Crippen molar-refractivity contribution in [2.24, 2.45) is 5.84 Å². The molecular formula is C14H22ClN3O2. The highest BCUT2D eigenvalue weighted by molar-refractivity contribution is 5.85. The highest BCUT2D eigenvalue weighted by Crippen LogP contribution is 2.18. The highest BCUT2D eigenvalue weighted by Gasteiger charge is 2.21. The van der Waals surface area contributed by atoms with Crippen LogP contribution in [-0.2, 0) is 11.3 Å². The molecule has 0 bridgehead atoms. The minimum atomic E-state index is -0.340. The van der Waals surface area contributed by atoms with Crippen LogP contribution in [0.15, 0.2) is 30.3 Å². The number of carbonyl (C=O) groups excluding carboxylic acids is 1. The number of hydrogen-bond acceptors (Lipinski definition) is 4. The minimum Gasteiger partial charge on any atom is -0.445 e. The van der Waals surface area contributed by atoms with Crippen molar-refractivity contribution in [1.82, 2.24) is 10.7 Å². The Morgan fingerprint density at radius 1 is 1.15 bits per heavy atom. The summed E-state index contributed by atoms with van der Waals surface area (Å²) < 4.78 is 5.19. The number of hydrogen-bond donors (Lipinski definition) is 3. The van der Waals surface area contributed by atoms with E-state index in [1.54, 1.807) is 0 Å². The average molecular weight is 300 g/mol. The molecule has 20 heavy (non-hydrogen) atoms. The number of rotatable bonds is 4. The van der Waals surface area contributed by atoms with Crippen LogP contribution in [0.1, 0.15) is 31.2 Å². The van der Waals surface area contributed by atoms with Gasteiger partial charge in [-0.1, -0.05) is 30.3 Å². The van der Waals surface area contributed by atoms with E-state index in [-0.39, 0.29) is 24.5 Å². The van der Waals surface area contributed by atoms with E-state index in [1.165, 1.54) is 0 Å². The summed E-state index contributed by atoms with van der Waals surface area (Å²) in [6.07, 6.45) is 3.51. The molecular weight excluding hydrogens is 278 g/mol. The summed E-state index contributed by atoms with van der Waals surface area (Å²) in [6.45, 7) is 0.312. The normalized spacial score (nSPS) is 21.6. The third-order valence-corrected chi connectivity index (χ3v) is 3.50. The van der Waals surface area contributed by atoms with Gasteiger partial charge in [0.15, 0.2) is 0 Å². The van der Waals surface area contributed by atoms with Crippen molar-refractivity contribution in [2.45, 2.75) is 44.4 Å². The van der Waals surface area contributed by atoms with Crippen LogP contribution < -0.4 is 16.6 Å². The van der Waals surface area contributed by atoms with Crippen molar-refractivity contribution in [2.75, 3.05) is 0 Å². The predicted octanol–water partition coefficient (Wildman–Crippen LogP) is 2.11. The summed E-state index contributed by atoms with van der Waals surface area (Å²) in [7, 11) is 0. The molecule has 0 aliphatic heterocycles. The number of carbonyl (C=O) groups is 1. The van der Waals surface area contributed by atoms with Gasteiger partial charge in [-0.15, -0.1) is 12.4 Å². The zero-order valence-corrected chi connectivity index (χ0v) is 12.2. The van der Waals surface area contributed by atoms with Gasteiger partial charge in [0.25, 0.3) is 0 Å². The smallest absolute Gasteiger partial charge is 0.407 e. The van der Waals surface area contributed by atoms with Gasteiger partial charge in [0.1, 0.15) is 6.61 Å². The standard InChI is InChI=1S/C14H21N3O2.ClH/c15-17-13-8-6-12(7-9-13)16-14(18)19-10-11-4-2-1-3-5-11;/h1-5,12-13,17H,6-10,15H2,(H,16,18);1H/t12-,13-;. The van der Waals surface area contributed by atoms with E-state index in [1.807, 2.05) is 30.3 Å². The van der Waals surface area contributed by atoms with Crippen LogP contribution in [0.2, 0.25) is 0 Å². The molecule has 112 valence electrons. The minimum absolute atomic E-state index is 0. The van der Waals surface area contributed by atoms with Crippen molar-refractivity contribution >= 4 is 18.5 Å². The molecule has 0 radical (unpaired) electrons. The van der Waals surface area contributed by atoms with Crippen molar-refractivity contribution in [3.63, 3.8) is 0 Å². The van der Waals surface area contributed by atoms with Gasteiger partial charge in [-0.3, -0.25) is 11.3 Å². The molecule has 0 spiro atoms. The number of ether oxygens (including phenoxy) is 1. The van der Waals surface area contributed by atoms with Gasteiger partial charge in [-0.25, -0.2) is 4.79 Å². The van der Waals surface area contributed by atoms with Crippen LogP contribution >= 0.6 is 12.4 Å². The van der Waals surface area contributed by atoms with E-state index in [2.05, 4.69) is 10.7 Å². The largest absolute Gasteiger partial charge is 0.445 e. The van der Waals surface area contributed by atoms with Gasteiger partial charge < -0.3 is 10.1 Å². The van der Waals surface area contributed by atoms with Gasteiger partial charge in [0, 0.05) is 12.1 Å². The second-order valence-electron chi connectivity index (χ2n) is 4.92. The molecule has 0 heterocycles. The maximum atomic E-state index is 11.7. The number of hydrazine groups is 1. The van der Waals surface area contributed by atoms with Gasteiger partial charge in [-0.2, -0.15) is 0 Å². The van der Waals surface area contributed by atoms with Crippen LogP contribution in [0.4, 0.5) is 4.79 Å². The SMILES string of the molecule is Cl.NN[C@H]1CC[C@H](NC(=O)OCc2ccccc2)CC1. The van der Waals surface area contributed by atoms with Crippen LogP contribution in [0.5, 0.6) is 0 Å². The Morgan fingerprint density at radius 3 is 2.35 bits per heavy atom. The molecule has 1 amide bonds. The third-order valence-electron chi connectivity index (χ3n) is 3.50. The van der Waals surface area contributed by atoms with Crippen LogP contribution in [-0.4, -0.2) is 18.2 Å². The van der Waals surface area contributed by atoms with Gasteiger partial charge in [-0.05, 0) is 31.2 Å². The third kappa shape index (κ3) is 5.36. The first-order valence-electron chi connectivity index (χ1n) is 6.71. The molecule has 1 aliphatic carbocycles. The van der Waals surface area contributed by atoms with Gasteiger partial charge in [0.05, 0.1) is 0 Å². The van der Waals surface area contributed by atoms with Crippen molar-refractivity contribution < 1.29 is 9.53 Å². The molecule has 1 aromatic rings. The van der Waals surface area contributed by atoms with Gasteiger partial charge in [0.2, 0.25) is 0 Å². The summed E-state index contributed by atoms with van der Waals surface area (Å²) >= 11 is 0. The number of alkyl carbamates (subject to hydrolysis) is 1. The molecule has 1 aromatic carbocycles. The van der Waals surface area contributed by atoms with E-state index < -0.39 is 0 Å². The van der Waals surface area contributed by atoms with Crippen LogP contribution in [0, 0.1) is 0 Å². The quantitative estimate of drug-likeness (QED) is 0.588. The van der Waals surface area contributed by atoms with E-state index in [9.17, 15) is 4.79 Å². The number of halogens is 1. The molecule has 2 rings (SSSR count). The van der Waals surface area contributed by atoms with Crippen molar-refractivity contribution in [3.05, 3.63) is 35.9 Å². The van der Waals surface area contributed by atoms with Crippen LogP contribution in [0.3, 0.4) is 0 Å². The zero-order valence-electron chi connectivity index (χ0n) is 11.4. The lowest BCUT2D eigenvalue weighted by Crippen LogP contribution is -2.44. The van der Waals surface area contributed by atoms with E-state index in [0.29, 0.717) is 12.6 Å². The molecule has 0 atom stereocenters. The molecule has 1 aliphatic rings. The lowest BCUT2D eigenvalue weighted by atomic mass is 9.92. The fourth-order valence-corrected chi connectivity index (χ4v) is 2.34. The van der Waals surface area contributed by atoms with E-state index in [0.717, 1.165) is 31.2 Å². The summed E-state index contributed by atoms with van der Waals surface area (Å²) in [5.74, 6) is 5.40. The Kier molecular flexibility index (Phi) is 7.36. The lowest BCUT2D eigenvalue weighted by Gasteiger charge is -2.28. The Labute approximate surface area is 125 Å². The molecule has 1 saturated carbocycles. The molecule has 0 unspecified atom stereocenters. The molecule has 6 heteroatoms. The Morgan fingerprint density at radius 2 is 1.75 bits per heavy atom. The second-order valence-corrected chi connectivity index (χ2v) is 4.92. The molecule has 0 saturated heterocycles. The summed E-state index contributed by atoms with van der Waals surface area (Å²) in [5.41, 5.74) is 3.77. The average Bonchev–Trinajstić information content (AvgIpc) is 2.47. The molecule has 5 nitrogen and oxygen atoms in total. The summed E-state index contributed by atoms with van der Waals surface area (Å²) in [5, 5.41) is 2.90. The fraction of sp³-hybridized carbons (Fsp3) is 0.500. The number of nitrogens with one attached hydrogen (secondary N) is 2. The van der Waals surface area contributed by atoms with E-state index in [4.69, 9.17) is 10.6 Å². The zero-order chi connectivity index (χ0) is 13.5. The maximum absolute atomic E-state index is 11.7. The monoisotopic (exact) mass is 299 g/mol. The second kappa shape index (κ2) is 8.79. The first-order valence-corrected chi connectivity index (χ1v) is 6.71. The number of amides is 1. The van der Waals surface area contributed by atoms with Crippen molar-refractivity contribution in [3.8, 4) is 0 Å². The molecule has 1 fully saturated rings. The first-order chi connectivity index (χ1) is 9.28. The first kappa shape index (κ1) is 16.8. The van der Waals surface area contributed by atoms with Crippen LogP contribution in [0.25, 0.3) is 0 Å². The number of benzene rings is 1. The topological polar surface area (TPSA) is 76.4 Å². The van der Waals surface area contributed by atoms with E-state index >= 15 is 0 Å². The summed E-state index contributed by atoms with van der Waals surface area (Å²) in [4.78, 5) is 11.7. The van der Waals surface area contributed by atoms with Crippen molar-refractivity contribution in [1.29, 1.82) is 0 Å². The summed E-state index contributed by atoms with van der Waals surface area (Å²) in [6, 6.07) is 10.2. The predicted molar refractivity (Wildman–Crippen MR) is 80.4 cm³/mol. The Balaban J connectivity index is 0.00000200. The Bertz CT molecular complexity index is 395. The fourth-order valence-electron chi connectivity index (χ4n) is 2.34. The maximum Gasteiger partial charge on any atom is 0.407 e. The number of nitrogens with two attached hydrogens (primary N) is 1. The molecule has 4 N–H and O–H groups in total.